The van der Waals surface area contributed by atoms with E-state index in [1.807, 2.05) is 12.1 Å². The predicted molar refractivity (Wildman–Crippen MR) is 59.8 cm³/mol. The van der Waals surface area contributed by atoms with Gasteiger partial charge in [0.1, 0.15) is 0 Å². The zero-order valence-electron chi connectivity index (χ0n) is 9.30. The van der Waals surface area contributed by atoms with E-state index in [1.54, 1.807) is 13.8 Å². The molecule has 1 aromatic rings. The van der Waals surface area contributed by atoms with Crippen molar-refractivity contribution >= 4 is 10.1 Å². The van der Waals surface area contributed by atoms with Crippen LogP contribution in [0.15, 0.2) is 17.0 Å². The zero-order chi connectivity index (χ0) is 13.2. The summed E-state index contributed by atoms with van der Waals surface area (Å²) in [7, 11) is -4.41. The average molecular weight is 250 g/mol. The Kier molecular flexibility index (Phi) is 3.52. The van der Waals surface area contributed by atoms with E-state index in [0.717, 1.165) is 12.1 Å². The molecule has 0 aliphatic carbocycles. The number of benzene rings is 1. The van der Waals surface area contributed by atoms with Gasteiger partial charge in [-0.3, -0.25) is 4.55 Å². The second kappa shape index (κ2) is 4.54. The maximum Gasteiger partial charge on any atom is 0.294 e. The van der Waals surface area contributed by atoms with Gasteiger partial charge in [0.2, 0.25) is 0 Å². The normalized spacial score (nSPS) is 10.9. The quantitative estimate of drug-likeness (QED) is 0.806. The molecule has 1 rings (SSSR count). The molecule has 5 nitrogen and oxygen atoms in total. The van der Waals surface area contributed by atoms with Crippen molar-refractivity contribution in [1.82, 2.24) is 0 Å². The fraction of sp³-hybridized carbons (Fsp3) is 0.273. The largest absolute Gasteiger partial charge is 0.294 e. The van der Waals surface area contributed by atoms with Gasteiger partial charge in [0.15, 0.2) is 0 Å². The van der Waals surface area contributed by atoms with Gasteiger partial charge in [0.05, 0.1) is 28.2 Å². The van der Waals surface area contributed by atoms with Gasteiger partial charge in [-0.2, -0.15) is 18.9 Å². The van der Waals surface area contributed by atoms with Gasteiger partial charge in [0.25, 0.3) is 10.1 Å². The number of hydrogen-bond acceptors (Lipinski definition) is 4. The molecule has 0 radical (unpaired) electrons. The van der Waals surface area contributed by atoms with E-state index < -0.39 is 15.0 Å². The summed E-state index contributed by atoms with van der Waals surface area (Å²) < 4.78 is 30.9. The molecule has 0 spiro atoms. The monoisotopic (exact) mass is 250 g/mol. The Balaban J connectivity index is 3.71. The Hall–Kier alpha value is -1.89. The minimum absolute atomic E-state index is 0.0882. The van der Waals surface area contributed by atoms with Crippen molar-refractivity contribution < 1.29 is 13.0 Å². The van der Waals surface area contributed by atoms with Crippen LogP contribution < -0.4 is 0 Å². The van der Waals surface area contributed by atoms with Gasteiger partial charge < -0.3 is 0 Å². The maximum absolute atomic E-state index is 11.0. The first-order valence-electron chi connectivity index (χ1n) is 4.77. The summed E-state index contributed by atoms with van der Waals surface area (Å²) in [5, 5.41) is 17.9. The van der Waals surface area contributed by atoms with Crippen LogP contribution in [0.2, 0.25) is 0 Å². The number of hydrogen-bond donors (Lipinski definition) is 1. The third-order valence-electron chi connectivity index (χ3n) is 2.27. The Labute approximate surface area is 99.7 Å². The second-order valence-electron chi connectivity index (χ2n) is 3.79. The van der Waals surface area contributed by atoms with Crippen molar-refractivity contribution in [3.63, 3.8) is 0 Å². The van der Waals surface area contributed by atoms with Crippen LogP contribution in [0.4, 0.5) is 0 Å². The summed E-state index contributed by atoms with van der Waals surface area (Å²) in [4.78, 5) is -0.435. The van der Waals surface area contributed by atoms with Gasteiger partial charge >= 0.3 is 0 Å². The van der Waals surface area contributed by atoms with Crippen molar-refractivity contribution in [3.8, 4) is 12.1 Å². The third-order valence-corrected chi connectivity index (χ3v) is 3.10. The molecular weight excluding hydrogens is 240 g/mol. The molecule has 6 heteroatoms. The van der Waals surface area contributed by atoms with Crippen molar-refractivity contribution in [2.45, 2.75) is 24.7 Å². The highest BCUT2D eigenvalue weighted by Gasteiger charge is 2.18. The second-order valence-corrected chi connectivity index (χ2v) is 5.21. The molecule has 0 aromatic heterocycles. The van der Waals surface area contributed by atoms with E-state index in [2.05, 4.69) is 0 Å². The Morgan fingerprint density at radius 1 is 1.18 bits per heavy atom. The molecule has 0 fully saturated rings. The van der Waals surface area contributed by atoms with Gasteiger partial charge in [-0.25, -0.2) is 0 Å². The number of nitrogens with zero attached hydrogens (tertiary/aromatic N) is 2. The average Bonchev–Trinajstić information content (AvgIpc) is 2.25. The molecule has 0 unspecified atom stereocenters. The Bertz CT molecular complexity index is 599. The molecular formula is C11H10N2O3S. The summed E-state index contributed by atoms with van der Waals surface area (Å²) in [5.41, 5.74) is 0.667. The molecule has 1 N–H and O–H groups in total. The molecule has 0 amide bonds. The highest BCUT2D eigenvalue weighted by atomic mass is 32.2. The fourth-order valence-corrected chi connectivity index (χ4v) is 2.12. The van der Waals surface area contributed by atoms with Crippen molar-refractivity contribution in [3.05, 3.63) is 28.8 Å². The lowest BCUT2D eigenvalue weighted by molar-refractivity contribution is 0.483. The van der Waals surface area contributed by atoms with E-state index in [0.29, 0.717) is 5.56 Å². The van der Waals surface area contributed by atoms with Gasteiger partial charge in [0, 0.05) is 0 Å². The molecule has 88 valence electrons. The van der Waals surface area contributed by atoms with Crippen molar-refractivity contribution in [2.24, 2.45) is 0 Å². The summed E-state index contributed by atoms with van der Waals surface area (Å²) in [6.45, 7) is 3.59. The minimum Gasteiger partial charge on any atom is -0.282 e. The summed E-state index contributed by atoms with van der Waals surface area (Å²) >= 11 is 0. The zero-order valence-corrected chi connectivity index (χ0v) is 10.1. The van der Waals surface area contributed by atoms with Crippen LogP contribution in [0, 0.1) is 22.7 Å². The Morgan fingerprint density at radius 2 is 1.59 bits per heavy atom. The fourth-order valence-electron chi connectivity index (χ4n) is 1.58. The van der Waals surface area contributed by atoms with E-state index in [9.17, 15) is 8.42 Å². The van der Waals surface area contributed by atoms with Crippen LogP contribution in [0.1, 0.15) is 36.5 Å². The van der Waals surface area contributed by atoms with Crippen LogP contribution in [0.5, 0.6) is 0 Å². The van der Waals surface area contributed by atoms with Crippen molar-refractivity contribution in [2.75, 3.05) is 0 Å². The molecule has 0 heterocycles. The molecule has 17 heavy (non-hydrogen) atoms. The molecule has 0 saturated heterocycles. The number of rotatable bonds is 2. The van der Waals surface area contributed by atoms with E-state index in [-0.39, 0.29) is 17.0 Å². The van der Waals surface area contributed by atoms with E-state index in [4.69, 9.17) is 15.1 Å². The Morgan fingerprint density at radius 3 is 1.82 bits per heavy atom. The van der Waals surface area contributed by atoms with Crippen LogP contribution in [-0.4, -0.2) is 13.0 Å². The first kappa shape index (κ1) is 13.2. The molecule has 0 aliphatic heterocycles. The molecule has 0 bridgehead atoms. The minimum atomic E-state index is -4.41. The molecule has 0 saturated carbocycles. The highest BCUT2D eigenvalue weighted by Crippen LogP contribution is 2.26. The highest BCUT2D eigenvalue weighted by molar-refractivity contribution is 7.85. The van der Waals surface area contributed by atoms with Gasteiger partial charge in [-0.05, 0) is 23.6 Å². The van der Waals surface area contributed by atoms with Crippen LogP contribution in [0.3, 0.4) is 0 Å². The third kappa shape index (κ3) is 2.62. The summed E-state index contributed by atoms with van der Waals surface area (Å²) in [6.07, 6.45) is 0. The maximum atomic E-state index is 11.0. The van der Waals surface area contributed by atoms with Crippen LogP contribution in [-0.2, 0) is 10.1 Å². The standard InChI is InChI=1S/C11H10N2O3S/c1-7(2)11-8(5-12)3-10(17(14,15)16)4-9(11)6-13/h3-4,7H,1-2H3,(H,14,15,16). The first-order chi connectivity index (χ1) is 7.81. The molecule has 0 atom stereocenters. The summed E-state index contributed by atoms with van der Waals surface area (Å²) in [5.74, 6) is -0.0882. The number of nitriles is 2. The molecule has 1 aromatic carbocycles. The topological polar surface area (TPSA) is 102 Å². The lowest BCUT2D eigenvalue weighted by Crippen LogP contribution is -2.04. The van der Waals surface area contributed by atoms with E-state index in [1.165, 1.54) is 0 Å². The van der Waals surface area contributed by atoms with Crippen LogP contribution in [0.25, 0.3) is 0 Å². The van der Waals surface area contributed by atoms with Gasteiger partial charge in [-0.1, -0.05) is 13.8 Å². The smallest absolute Gasteiger partial charge is 0.282 e. The van der Waals surface area contributed by atoms with Crippen LogP contribution >= 0.6 is 0 Å². The van der Waals surface area contributed by atoms with Gasteiger partial charge in [-0.15, -0.1) is 0 Å². The first-order valence-corrected chi connectivity index (χ1v) is 6.21. The van der Waals surface area contributed by atoms with Crippen molar-refractivity contribution in [1.29, 1.82) is 10.5 Å². The lowest BCUT2D eigenvalue weighted by Gasteiger charge is -2.11. The molecule has 0 aliphatic rings. The summed E-state index contributed by atoms with van der Waals surface area (Å²) in [6, 6.07) is 5.82. The van der Waals surface area contributed by atoms with E-state index >= 15 is 0 Å². The SMILES string of the molecule is CC(C)c1c(C#N)cc(S(=O)(=O)O)cc1C#N. The predicted octanol–water partition coefficient (Wildman–Crippen LogP) is 1.80. The lowest BCUT2D eigenvalue weighted by atomic mass is 9.93.